The smallest absolute Gasteiger partial charge is 0.131 e. The summed E-state index contributed by atoms with van der Waals surface area (Å²) >= 11 is 3.48. The van der Waals surface area contributed by atoms with Gasteiger partial charge in [0, 0.05) is 16.6 Å². The van der Waals surface area contributed by atoms with Crippen LogP contribution in [0.25, 0.3) is 0 Å². The number of hydrogen-bond donors (Lipinski definition) is 1. The normalized spacial score (nSPS) is 12.0. The van der Waals surface area contributed by atoms with Crippen molar-refractivity contribution in [3.63, 3.8) is 0 Å². The van der Waals surface area contributed by atoms with Crippen molar-refractivity contribution in [3.05, 3.63) is 52.5 Å². The topological polar surface area (TPSA) is 44.5 Å². The monoisotopic (exact) mass is 349 g/mol. The van der Waals surface area contributed by atoms with Gasteiger partial charge in [-0.05, 0) is 50.1 Å². The third kappa shape index (κ3) is 4.76. The second kappa shape index (κ2) is 7.48. The predicted octanol–water partition coefficient (Wildman–Crippen LogP) is 4.53. The lowest BCUT2D eigenvalue weighted by Crippen LogP contribution is -2.18. The zero-order valence-corrected chi connectivity index (χ0v) is 13.9. The molecule has 3 nitrogen and oxygen atoms in total. The van der Waals surface area contributed by atoms with Crippen LogP contribution in [-0.4, -0.2) is 12.6 Å². The van der Waals surface area contributed by atoms with E-state index in [1.165, 1.54) is 0 Å². The molecule has 112 valence electrons. The van der Waals surface area contributed by atoms with Gasteiger partial charge in [0.1, 0.15) is 17.2 Å². The maximum absolute atomic E-state index is 6.01. The third-order valence-corrected chi connectivity index (χ3v) is 3.41. The molecule has 21 heavy (non-hydrogen) atoms. The number of benzene rings is 2. The molecule has 0 fully saturated rings. The first kappa shape index (κ1) is 15.9. The summed E-state index contributed by atoms with van der Waals surface area (Å²) in [5.41, 5.74) is 6.99. The van der Waals surface area contributed by atoms with Crippen LogP contribution in [0.2, 0.25) is 0 Å². The summed E-state index contributed by atoms with van der Waals surface area (Å²) in [6.45, 7) is 4.58. The fraction of sp³-hybridized carbons (Fsp3) is 0.294. The maximum Gasteiger partial charge on any atom is 0.131 e. The molecule has 2 aromatic rings. The third-order valence-electron chi connectivity index (χ3n) is 2.92. The standard InChI is InChI=1S/C17H20BrNO2/c1-3-20-15-5-4-6-16(11-15)21-17-10-14(18)8-7-13(17)9-12(2)19/h4-8,10-12H,3,9,19H2,1-2H3. The predicted molar refractivity (Wildman–Crippen MR) is 89.2 cm³/mol. The van der Waals surface area contributed by atoms with Crippen LogP contribution in [0, 0.1) is 0 Å². The van der Waals surface area contributed by atoms with Gasteiger partial charge in [-0.15, -0.1) is 0 Å². The lowest BCUT2D eigenvalue weighted by molar-refractivity contribution is 0.338. The van der Waals surface area contributed by atoms with E-state index in [2.05, 4.69) is 15.9 Å². The van der Waals surface area contributed by atoms with Crippen LogP contribution in [0.15, 0.2) is 46.9 Å². The highest BCUT2D eigenvalue weighted by molar-refractivity contribution is 9.10. The summed E-state index contributed by atoms with van der Waals surface area (Å²) in [5.74, 6) is 2.37. The first-order valence-corrected chi connectivity index (χ1v) is 7.82. The largest absolute Gasteiger partial charge is 0.494 e. The zero-order chi connectivity index (χ0) is 15.2. The lowest BCUT2D eigenvalue weighted by atomic mass is 10.1. The number of halogens is 1. The molecule has 0 amide bonds. The van der Waals surface area contributed by atoms with Crippen molar-refractivity contribution < 1.29 is 9.47 Å². The van der Waals surface area contributed by atoms with E-state index in [4.69, 9.17) is 15.2 Å². The number of rotatable bonds is 6. The van der Waals surface area contributed by atoms with Gasteiger partial charge in [-0.2, -0.15) is 0 Å². The Morgan fingerprint density at radius 1 is 1.14 bits per heavy atom. The summed E-state index contributed by atoms with van der Waals surface area (Å²) in [6, 6.07) is 13.7. The van der Waals surface area contributed by atoms with E-state index in [0.29, 0.717) is 6.61 Å². The van der Waals surface area contributed by atoms with Crippen molar-refractivity contribution in [1.29, 1.82) is 0 Å². The summed E-state index contributed by atoms with van der Waals surface area (Å²) < 4.78 is 12.5. The first-order valence-electron chi connectivity index (χ1n) is 7.03. The molecule has 0 heterocycles. The minimum Gasteiger partial charge on any atom is -0.494 e. The van der Waals surface area contributed by atoms with Crippen LogP contribution >= 0.6 is 15.9 Å². The number of hydrogen-bond acceptors (Lipinski definition) is 3. The van der Waals surface area contributed by atoms with E-state index >= 15 is 0 Å². The van der Waals surface area contributed by atoms with Crippen molar-refractivity contribution in [2.45, 2.75) is 26.3 Å². The summed E-state index contributed by atoms with van der Waals surface area (Å²) in [7, 11) is 0. The summed E-state index contributed by atoms with van der Waals surface area (Å²) in [5, 5.41) is 0. The van der Waals surface area contributed by atoms with Crippen LogP contribution in [0.4, 0.5) is 0 Å². The zero-order valence-electron chi connectivity index (χ0n) is 12.3. The Kier molecular flexibility index (Phi) is 5.65. The Balaban J connectivity index is 2.25. The van der Waals surface area contributed by atoms with Gasteiger partial charge >= 0.3 is 0 Å². The molecule has 0 saturated heterocycles. The summed E-state index contributed by atoms with van der Waals surface area (Å²) in [4.78, 5) is 0. The average Bonchev–Trinajstić information content (AvgIpc) is 2.42. The second-order valence-electron chi connectivity index (χ2n) is 4.94. The first-order chi connectivity index (χ1) is 10.1. The molecule has 2 N–H and O–H groups in total. The van der Waals surface area contributed by atoms with E-state index < -0.39 is 0 Å². The van der Waals surface area contributed by atoms with Crippen LogP contribution in [-0.2, 0) is 6.42 Å². The van der Waals surface area contributed by atoms with Gasteiger partial charge < -0.3 is 15.2 Å². The average molecular weight is 350 g/mol. The van der Waals surface area contributed by atoms with Crippen molar-refractivity contribution in [3.8, 4) is 17.2 Å². The lowest BCUT2D eigenvalue weighted by Gasteiger charge is -2.14. The van der Waals surface area contributed by atoms with Crippen LogP contribution < -0.4 is 15.2 Å². The Bertz CT molecular complexity index is 599. The minimum atomic E-state index is 0.0864. The molecule has 0 aliphatic carbocycles. The molecule has 0 saturated carbocycles. The molecule has 2 rings (SSSR count). The van der Waals surface area contributed by atoms with Crippen molar-refractivity contribution in [2.24, 2.45) is 5.73 Å². The Hall–Kier alpha value is -1.52. The highest BCUT2D eigenvalue weighted by Crippen LogP contribution is 2.31. The molecule has 4 heteroatoms. The van der Waals surface area contributed by atoms with Gasteiger partial charge in [0.25, 0.3) is 0 Å². The van der Waals surface area contributed by atoms with Crippen LogP contribution in [0.3, 0.4) is 0 Å². The molecule has 2 aromatic carbocycles. The quantitative estimate of drug-likeness (QED) is 0.833. The van der Waals surface area contributed by atoms with Crippen LogP contribution in [0.5, 0.6) is 17.2 Å². The maximum atomic E-state index is 6.01. The Labute approximate surface area is 134 Å². The van der Waals surface area contributed by atoms with Gasteiger partial charge in [0.15, 0.2) is 0 Å². The van der Waals surface area contributed by atoms with Crippen molar-refractivity contribution in [1.82, 2.24) is 0 Å². The molecule has 0 aliphatic heterocycles. The number of ether oxygens (including phenoxy) is 2. The Morgan fingerprint density at radius 3 is 2.62 bits per heavy atom. The van der Waals surface area contributed by atoms with Gasteiger partial charge in [-0.25, -0.2) is 0 Å². The van der Waals surface area contributed by atoms with Gasteiger partial charge in [0.2, 0.25) is 0 Å². The van der Waals surface area contributed by atoms with Crippen molar-refractivity contribution in [2.75, 3.05) is 6.61 Å². The molecule has 0 aliphatic rings. The highest BCUT2D eigenvalue weighted by Gasteiger charge is 2.09. The molecular formula is C17H20BrNO2. The fourth-order valence-corrected chi connectivity index (χ4v) is 2.40. The van der Waals surface area contributed by atoms with E-state index in [-0.39, 0.29) is 6.04 Å². The molecular weight excluding hydrogens is 330 g/mol. The molecule has 1 unspecified atom stereocenters. The number of nitrogens with two attached hydrogens (primary N) is 1. The fourth-order valence-electron chi connectivity index (χ4n) is 2.06. The van der Waals surface area contributed by atoms with E-state index in [9.17, 15) is 0 Å². The van der Waals surface area contributed by atoms with Crippen LogP contribution in [0.1, 0.15) is 19.4 Å². The van der Waals surface area contributed by atoms with Crippen molar-refractivity contribution >= 4 is 15.9 Å². The SMILES string of the molecule is CCOc1cccc(Oc2cc(Br)ccc2CC(C)N)c1. The van der Waals surface area contributed by atoms with E-state index in [1.54, 1.807) is 0 Å². The Morgan fingerprint density at radius 2 is 1.90 bits per heavy atom. The van der Waals surface area contributed by atoms with E-state index in [1.807, 2.05) is 56.3 Å². The molecule has 1 atom stereocenters. The van der Waals surface area contributed by atoms with Gasteiger partial charge in [-0.1, -0.05) is 28.1 Å². The highest BCUT2D eigenvalue weighted by atomic mass is 79.9. The van der Waals surface area contributed by atoms with Gasteiger partial charge in [0.05, 0.1) is 6.61 Å². The molecule has 0 aromatic heterocycles. The van der Waals surface area contributed by atoms with Gasteiger partial charge in [-0.3, -0.25) is 0 Å². The second-order valence-corrected chi connectivity index (χ2v) is 5.86. The van der Waals surface area contributed by atoms with E-state index in [0.717, 1.165) is 33.7 Å². The molecule has 0 bridgehead atoms. The molecule has 0 spiro atoms. The summed E-state index contributed by atoms with van der Waals surface area (Å²) in [6.07, 6.45) is 0.772. The molecule has 0 radical (unpaired) electrons. The minimum absolute atomic E-state index is 0.0864.